The SMILES string of the molecule is CC(C)C[C@H](NC(=O)OCc1cccc(Cl)c1)C(=O)N[C@@H](C[C@@H]1CCNC1=O)C(=O)COC(F)(F)F. The molecule has 1 aromatic rings. The molecule has 3 atom stereocenters. The number of hydrogen-bond acceptors (Lipinski definition) is 6. The molecule has 0 radical (unpaired) electrons. The summed E-state index contributed by atoms with van der Waals surface area (Å²) in [6.07, 6.45) is -5.63. The number of amides is 3. The van der Waals surface area contributed by atoms with Gasteiger partial charge >= 0.3 is 12.5 Å². The summed E-state index contributed by atoms with van der Waals surface area (Å²) in [4.78, 5) is 49.8. The zero-order valence-electron chi connectivity index (χ0n) is 19.8. The Balaban J connectivity index is 2.06. The Kier molecular flexibility index (Phi) is 11.0. The number of carbonyl (C=O) groups is 4. The van der Waals surface area contributed by atoms with Crippen LogP contribution in [0.1, 0.15) is 38.7 Å². The number of ether oxygens (including phenoxy) is 2. The van der Waals surface area contributed by atoms with E-state index in [0.29, 0.717) is 23.6 Å². The minimum Gasteiger partial charge on any atom is -0.445 e. The van der Waals surface area contributed by atoms with Crippen molar-refractivity contribution in [2.24, 2.45) is 11.8 Å². The van der Waals surface area contributed by atoms with Crippen LogP contribution in [0, 0.1) is 11.8 Å². The Labute approximate surface area is 211 Å². The Morgan fingerprint density at radius 1 is 1.19 bits per heavy atom. The lowest BCUT2D eigenvalue weighted by atomic mass is 9.95. The Morgan fingerprint density at radius 2 is 1.92 bits per heavy atom. The van der Waals surface area contributed by atoms with E-state index in [1.807, 2.05) is 0 Å². The predicted octanol–water partition coefficient (Wildman–Crippen LogP) is 3.10. The number of halogens is 4. The lowest BCUT2D eigenvalue weighted by Gasteiger charge is -2.25. The average Bonchev–Trinajstić information content (AvgIpc) is 3.18. The molecule has 0 saturated carbocycles. The molecule has 2 rings (SSSR count). The van der Waals surface area contributed by atoms with Crippen LogP contribution in [0.4, 0.5) is 18.0 Å². The summed E-state index contributed by atoms with van der Waals surface area (Å²) in [5, 5.41) is 7.84. The molecule has 0 spiro atoms. The van der Waals surface area contributed by atoms with Gasteiger partial charge in [0.15, 0.2) is 5.78 Å². The number of rotatable bonds is 12. The minimum atomic E-state index is -5.04. The zero-order chi connectivity index (χ0) is 26.9. The van der Waals surface area contributed by atoms with Crippen LogP contribution in [0.5, 0.6) is 0 Å². The highest BCUT2D eigenvalue weighted by molar-refractivity contribution is 6.30. The summed E-state index contributed by atoms with van der Waals surface area (Å²) >= 11 is 5.90. The molecule has 1 aliphatic heterocycles. The van der Waals surface area contributed by atoms with E-state index in [9.17, 15) is 32.3 Å². The van der Waals surface area contributed by atoms with Crippen molar-refractivity contribution < 1.29 is 41.8 Å². The van der Waals surface area contributed by atoms with Gasteiger partial charge in [-0.1, -0.05) is 37.6 Å². The molecule has 0 unspecified atom stereocenters. The molecule has 9 nitrogen and oxygen atoms in total. The first-order valence-corrected chi connectivity index (χ1v) is 11.7. The summed E-state index contributed by atoms with van der Waals surface area (Å²) in [5.74, 6) is -2.94. The van der Waals surface area contributed by atoms with E-state index in [1.54, 1.807) is 38.1 Å². The lowest BCUT2D eigenvalue weighted by Crippen LogP contribution is -2.53. The van der Waals surface area contributed by atoms with Crippen molar-refractivity contribution in [3.05, 3.63) is 34.9 Å². The summed E-state index contributed by atoms with van der Waals surface area (Å²) < 4.78 is 46.1. The highest BCUT2D eigenvalue weighted by atomic mass is 35.5. The van der Waals surface area contributed by atoms with Gasteiger partial charge in [-0.15, -0.1) is 13.2 Å². The van der Waals surface area contributed by atoms with E-state index in [1.165, 1.54) is 0 Å². The Morgan fingerprint density at radius 3 is 2.50 bits per heavy atom. The molecule has 200 valence electrons. The fourth-order valence-electron chi connectivity index (χ4n) is 3.61. The Bertz CT molecular complexity index is 944. The van der Waals surface area contributed by atoms with Gasteiger partial charge in [0.05, 0.1) is 6.04 Å². The summed E-state index contributed by atoms with van der Waals surface area (Å²) in [6.45, 7) is 2.50. The second-order valence-corrected chi connectivity index (χ2v) is 9.24. The third-order valence-electron chi connectivity index (χ3n) is 5.34. The first kappa shape index (κ1) is 29.4. The summed E-state index contributed by atoms with van der Waals surface area (Å²) in [7, 11) is 0. The molecule has 0 aliphatic carbocycles. The molecule has 1 heterocycles. The van der Waals surface area contributed by atoms with Gasteiger partial charge in [-0.05, 0) is 42.9 Å². The van der Waals surface area contributed by atoms with Crippen molar-refractivity contribution in [1.29, 1.82) is 0 Å². The first-order valence-electron chi connectivity index (χ1n) is 11.3. The predicted molar refractivity (Wildman–Crippen MR) is 123 cm³/mol. The van der Waals surface area contributed by atoms with Crippen molar-refractivity contribution in [1.82, 2.24) is 16.0 Å². The standard InChI is InChI=1S/C23H29ClF3N3O6/c1-13(2)8-18(30-22(34)35-11-14-4-3-5-16(24)9-14)21(33)29-17(10-15-6-7-28-20(15)32)19(31)12-36-23(25,26)27/h3-5,9,13,15,17-18H,6-8,10-12H2,1-2H3,(H,28,32)(H,29,33)(H,30,34)/t15-,17-,18-/m0/s1. The maximum absolute atomic E-state index is 13.0. The Hall–Kier alpha value is -2.86. The van der Waals surface area contributed by atoms with Gasteiger partial charge in [-0.25, -0.2) is 4.79 Å². The fourth-order valence-corrected chi connectivity index (χ4v) is 3.83. The molecule has 0 aromatic heterocycles. The number of alkyl halides is 3. The van der Waals surface area contributed by atoms with E-state index >= 15 is 0 Å². The molecule has 3 amide bonds. The van der Waals surface area contributed by atoms with Crippen LogP contribution in [0.2, 0.25) is 5.02 Å². The van der Waals surface area contributed by atoms with Crippen molar-refractivity contribution >= 4 is 35.3 Å². The van der Waals surface area contributed by atoms with Gasteiger partial charge in [0.1, 0.15) is 19.3 Å². The average molecular weight is 536 g/mol. The van der Waals surface area contributed by atoms with Crippen LogP contribution in [-0.2, 0) is 30.5 Å². The molecule has 1 fully saturated rings. The van der Waals surface area contributed by atoms with Gasteiger partial charge in [-0.3, -0.25) is 19.1 Å². The molecule has 36 heavy (non-hydrogen) atoms. The van der Waals surface area contributed by atoms with E-state index in [4.69, 9.17) is 16.3 Å². The monoisotopic (exact) mass is 535 g/mol. The van der Waals surface area contributed by atoms with E-state index in [0.717, 1.165) is 0 Å². The second kappa shape index (κ2) is 13.4. The maximum atomic E-state index is 13.0. The molecule has 1 aliphatic rings. The zero-order valence-corrected chi connectivity index (χ0v) is 20.6. The molecule has 3 N–H and O–H groups in total. The van der Waals surface area contributed by atoms with E-state index in [-0.39, 0.29) is 31.3 Å². The molecule has 1 aromatic carbocycles. The summed E-state index contributed by atoms with van der Waals surface area (Å²) in [6, 6.07) is 4.06. The third-order valence-corrected chi connectivity index (χ3v) is 5.58. The van der Waals surface area contributed by atoms with Crippen molar-refractivity contribution in [2.75, 3.05) is 13.2 Å². The molecule has 0 bridgehead atoms. The number of ketones is 1. The summed E-state index contributed by atoms with van der Waals surface area (Å²) in [5.41, 5.74) is 0.618. The first-order chi connectivity index (χ1) is 16.8. The molecular formula is C23H29ClF3N3O6. The molecular weight excluding hydrogens is 507 g/mol. The number of carbonyl (C=O) groups excluding carboxylic acids is 4. The minimum absolute atomic E-state index is 0.0719. The number of Topliss-reactive ketones (excluding diaryl/α,β-unsaturated/α-hetero) is 1. The number of alkyl carbamates (subject to hydrolysis) is 1. The van der Waals surface area contributed by atoms with Crippen LogP contribution in [0.3, 0.4) is 0 Å². The number of benzene rings is 1. The van der Waals surface area contributed by atoms with E-state index in [2.05, 4.69) is 20.7 Å². The van der Waals surface area contributed by atoms with Crippen LogP contribution < -0.4 is 16.0 Å². The van der Waals surface area contributed by atoms with Gasteiger partial charge < -0.3 is 20.7 Å². The van der Waals surface area contributed by atoms with Gasteiger partial charge in [-0.2, -0.15) is 0 Å². The lowest BCUT2D eigenvalue weighted by molar-refractivity contribution is -0.321. The van der Waals surface area contributed by atoms with Gasteiger partial charge in [0.2, 0.25) is 11.8 Å². The third kappa shape index (κ3) is 10.4. The van der Waals surface area contributed by atoms with Crippen LogP contribution in [0.15, 0.2) is 24.3 Å². The van der Waals surface area contributed by atoms with Crippen LogP contribution in [0.25, 0.3) is 0 Å². The van der Waals surface area contributed by atoms with Gasteiger partial charge in [0.25, 0.3) is 0 Å². The topological polar surface area (TPSA) is 123 Å². The fraction of sp³-hybridized carbons (Fsp3) is 0.565. The highest BCUT2D eigenvalue weighted by Gasteiger charge is 2.36. The van der Waals surface area contributed by atoms with Crippen molar-refractivity contribution in [3.63, 3.8) is 0 Å². The largest absolute Gasteiger partial charge is 0.522 e. The second-order valence-electron chi connectivity index (χ2n) is 8.81. The molecule has 1 saturated heterocycles. The van der Waals surface area contributed by atoms with Crippen LogP contribution in [-0.4, -0.2) is 55.3 Å². The maximum Gasteiger partial charge on any atom is 0.522 e. The smallest absolute Gasteiger partial charge is 0.445 e. The van der Waals surface area contributed by atoms with Crippen LogP contribution >= 0.6 is 11.6 Å². The quantitative estimate of drug-likeness (QED) is 0.378. The van der Waals surface area contributed by atoms with E-state index < -0.39 is 48.8 Å². The molecule has 13 heteroatoms. The normalized spacial score (nSPS) is 17.3. The van der Waals surface area contributed by atoms with Crippen molar-refractivity contribution in [3.8, 4) is 0 Å². The number of nitrogens with one attached hydrogen (secondary N) is 3. The highest BCUT2D eigenvalue weighted by Crippen LogP contribution is 2.20. The van der Waals surface area contributed by atoms with Gasteiger partial charge in [0, 0.05) is 17.5 Å². The van der Waals surface area contributed by atoms with Crippen molar-refractivity contribution in [2.45, 2.75) is 58.2 Å². The number of hydrogen-bond donors (Lipinski definition) is 3.